The summed E-state index contributed by atoms with van der Waals surface area (Å²) in [6.07, 6.45) is 3.58. The molecule has 0 saturated heterocycles. The van der Waals surface area contributed by atoms with E-state index in [1.807, 2.05) is 0 Å². The summed E-state index contributed by atoms with van der Waals surface area (Å²) in [5.74, 6) is 1.43. The van der Waals surface area contributed by atoms with E-state index < -0.39 is 9.73 Å². The zero-order chi connectivity index (χ0) is 8.65. The van der Waals surface area contributed by atoms with Crippen molar-refractivity contribution >= 4 is 9.73 Å². The fourth-order valence-electron chi connectivity index (χ4n) is 1.52. The third kappa shape index (κ3) is 1.95. The van der Waals surface area contributed by atoms with E-state index in [1.54, 1.807) is 6.26 Å². The lowest BCUT2D eigenvalue weighted by atomic mass is 9.77. The van der Waals surface area contributed by atoms with E-state index in [9.17, 15) is 4.21 Å². The monoisotopic (exact) mass is 175 g/mol. The third-order valence-electron chi connectivity index (χ3n) is 2.71. The van der Waals surface area contributed by atoms with Gasteiger partial charge in [0.05, 0.1) is 0 Å². The second kappa shape index (κ2) is 2.77. The molecular formula is C8H17NOS. The van der Waals surface area contributed by atoms with Crippen molar-refractivity contribution < 1.29 is 4.21 Å². The molecule has 1 aliphatic rings. The van der Waals surface area contributed by atoms with Crippen LogP contribution in [0.2, 0.25) is 0 Å². The van der Waals surface area contributed by atoms with Crippen LogP contribution in [0.3, 0.4) is 0 Å². The van der Waals surface area contributed by atoms with Crippen molar-refractivity contribution in [1.82, 2.24) is 0 Å². The first kappa shape index (κ1) is 9.04. The number of hydrogen-bond donors (Lipinski definition) is 1. The topological polar surface area (TPSA) is 40.9 Å². The van der Waals surface area contributed by atoms with Crippen LogP contribution in [0.1, 0.15) is 26.7 Å². The second-order valence-corrected chi connectivity index (χ2v) is 6.48. The maximum Gasteiger partial charge on any atom is 0.0441 e. The van der Waals surface area contributed by atoms with Crippen LogP contribution in [-0.4, -0.2) is 15.7 Å². The quantitative estimate of drug-likeness (QED) is 0.686. The van der Waals surface area contributed by atoms with Gasteiger partial charge in [-0.2, -0.15) is 0 Å². The molecule has 1 atom stereocenters. The molecule has 2 nitrogen and oxygen atoms in total. The zero-order valence-corrected chi connectivity index (χ0v) is 8.28. The van der Waals surface area contributed by atoms with Gasteiger partial charge in [0, 0.05) is 21.2 Å². The molecule has 1 saturated carbocycles. The molecule has 1 fully saturated rings. The van der Waals surface area contributed by atoms with Gasteiger partial charge >= 0.3 is 0 Å². The normalized spacial score (nSPS) is 36.4. The van der Waals surface area contributed by atoms with Crippen LogP contribution in [0.15, 0.2) is 0 Å². The lowest BCUT2D eigenvalue weighted by Crippen LogP contribution is -2.37. The highest BCUT2D eigenvalue weighted by atomic mass is 32.2. The van der Waals surface area contributed by atoms with Gasteiger partial charge < -0.3 is 0 Å². The van der Waals surface area contributed by atoms with Gasteiger partial charge in [-0.25, -0.2) is 4.21 Å². The Kier molecular flexibility index (Phi) is 2.28. The van der Waals surface area contributed by atoms with Crippen molar-refractivity contribution in [2.45, 2.75) is 31.9 Å². The molecule has 0 aliphatic heterocycles. The molecule has 3 heteroatoms. The standard InChI is InChI=1S/C8H17NOS/c1-6(2)7-4-8(5-7)11(3,9)10/h6-9H,4-5H2,1-3H3/t7?,8?,11-/m1/s1. The summed E-state index contributed by atoms with van der Waals surface area (Å²) in [5, 5.41) is 0.190. The van der Waals surface area contributed by atoms with Crippen molar-refractivity contribution in [3.8, 4) is 0 Å². The molecular weight excluding hydrogens is 158 g/mol. The minimum Gasteiger partial charge on any atom is -0.253 e. The molecule has 11 heavy (non-hydrogen) atoms. The molecule has 0 radical (unpaired) electrons. The van der Waals surface area contributed by atoms with Crippen LogP contribution in [0.4, 0.5) is 0 Å². The number of rotatable bonds is 2. The average molecular weight is 175 g/mol. The summed E-state index contributed by atoms with van der Waals surface area (Å²) in [7, 11) is -2.23. The summed E-state index contributed by atoms with van der Waals surface area (Å²) < 4.78 is 18.6. The van der Waals surface area contributed by atoms with Crippen molar-refractivity contribution in [1.29, 1.82) is 4.78 Å². The van der Waals surface area contributed by atoms with Crippen LogP contribution in [-0.2, 0) is 9.73 Å². The third-order valence-corrected chi connectivity index (χ3v) is 4.37. The Labute approximate surface area is 69.4 Å². The van der Waals surface area contributed by atoms with Gasteiger partial charge in [-0.3, -0.25) is 4.78 Å². The van der Waals surface area contributed by atoms with Crippen LogP contribution in [0.25, 0.3) is 0 Å². The molecule has 1 N–H and O–H groups in total. The summed E-state index contributed by atoms with van der Waals surface area (Å²) in [5.41, 5.74) is 0. The SMILES string of the molecule is CC(C)C1CC([S@](C)(=N)=O)C1. The van der Waals surface area contributed by atoms with Crippen molar-refractivity contribution in [3.05, 3.63) is 0 Å². The van der Waals surface area contributed by atoms with E-state index in [0.717, 1.165) is 18.8 Å². The van der Waals surface area contributed by atoms with Crippen LogP contribution in [0, 0.1) is 16.6 Å². The van der Waals surface area contributed by atoms with E-state index in [2.05, 4.69) is 13.8 Å². The van der Waals surface area contributed by atoms with Gasteiger partial charge in [0.15, 0.2) is 0 Å². The second-order valence-electron chi connectivity index (χ2n) is 4.00. The zero-order valence-electron chi connectivity index (χ0n) is 7.46. The largest absolute Gasteiger partial charge is 0.253 e. The lowest BCUT2D eigenvalue weighted by Gasteiger charge is -2.37. The first-order valence-electron chi connectivity index (χ1n) is 4.14. The molecule has 0 aromatic heterocycles. The van der Waals surface area contributed by atoms with Gasteiger partial charge in [-0.1, -0.05) is 13.8 Å². The van der Waals surface area contributed by atoms with Gasteiger partial charge in [0.2, 0.25) is 0 Å². The van der Waals surface area contributed by atoms with E-state index in [1.165, 1.54) is 0 Å². The predicted octanol–water partition coefficient (Wildman–Crippen LogP) is 2.10. The molecule has 0 unspecified atom stereocenters. The van der Waals surface area contributed by atoms with Crippen LogP contribution >= 0.6 is 0 Å². The van der Waals surface area contributed by atoms with E-state index in [4.69, 9.17) is 4.78 Å². The Morgan fingerprint density at radius 2 is 1.91 bits per heavy atom. The fraction of sp³-hybridized carbons (Fsp3) is 1.00. The lowest BCUT2D eigenvalue weighted by molar-refractivity contribution is 0.240. The van der Waals surface area contributed by atoms with Crippen LogP contribution < -0.4 is 0 Å². The minimum absolute atomic E-state index is 0.190. The Bertz CT molecular complexity index is 224. The van der Waals surface area contributed by atoms with E-state index in [-0.39, 0.29) is 5.25 Å². The maximum absolute atomic E-state index is 11.2. The highest BCUT2D eigenvalue weighted by Gasteiger charge is 2.35. The van der Waals surface area contributed by atoms with E-state index in [0.29, 0.717) is 5.92 Å². The molecule has 66 valence electrons. The predicted molar refractivity (Wildman–Crippen MR) is 48.1 cm³/mol. The first-order chi connectivity index (χ1) is 4.91. The maximum atomic E-state index is 11.2. The van der Waals surface area contributed by atoms with Crippen molar-refractivity contribution in [2.75, 3.05) is 6.26 Å². The number of hydrogen-bond acceptors (Lipinski definition) is 2. The van der Waals surface area contributed by atoms with Gasteiger partial charge in [-0.15, -0.1) is 0 Å². The van der Waals surface area contributed by atoms with Gasteiger partial charge in [0.25, 0.3) is 0 Å². The Balaban J connectivity index is 2.42. The van der Waals surface area contributed by atoms with Crippen molar-refractivity contribution in [3.63, 3.8) is 0 Å². The smallest absolute Gasteiger partial charge is 0.0441 e. The van der Waals surface area contributed by atoms with E-state index >= 15 is 0 Å². The van der Waals surface area contributed by atoms with Gasteiger partial charge in [0.1, 0.15) is 0 Å². The summed E-state index contributed by atoms with van der Waals surface area (Å²) in [4.78, 5) is 0. The minimum atomic E-state index is -2.23. The molecule has 1 rings (SSSR count). The summed E-state index contributed by atoms with van der Waals surface area (Å²) >= 11 is 0. The molecule has 1 aliphatic carbocycles. The first-order valence-corrected chi connectivity index (χ1v) is 6.17. The molecule has 0 amide bonds. The molecule has 0 aromatic carbocycles. The van der Waals surface area contributed by atoms with Crippen LogP contribution in [0.5, 0.6) is 0 Å². The molecule has 0 bridgehead atoms. The highest BCUT2D eigenvalue weighted by molar-refractivity contribution is 7.92. The fourth-order valence-corrected chi connectivity index (χ4v) is 2.75. The molecule has 0 spiro atoms. The molecule has 0 heterocycles. The summed E-state index contributed by atoms with van der Waals surface area (Å²) in [6.45, 7) is 4.39. The van der Waals surface area contributed by atoms with Crippen molar-refractivity contribution in [2.24, 2.45) is 11.8 Å². The number of nitrogens with one attached hydrogen (secondary N) is 1. The Morgan fingerprint density at radius 1 is 1.45 bits per heavy atom. The Morgan fingerprint density at radius 3 is 2.18 bits per heavy atom. The average Bonchev–Trinajstić information content (AvgIpc) is 1.51. The van der Waals surface area contributed by atoms with Gasteiger partial charge in [-0.05, 0) is 24.7 Å². The molecule has 0 aromatic rings. The Hall–Kier alpha value is -0.0500. The summed E-state index contributed by atoms with van der Waals surface area (Å²) in [6, 6.07) is 0. The highest BCUT2D eigenvalue weighted by Crippen LogP contribution is 2.37.